The van der Waals surface area contributed by atoms with Crippen molar-refractivity contribution in [2.75, 3.05) is 0 Å². The van der Waals surface area contributed by atoms with E-state index in [-0.39, 0.29) is 11.9 Å². The number of carbonyl (C=O) groups excluding carboxylic acids is 1. The average molecular weight is 275 g/mol. The van der Waals surface area contributed by atoms with Crippen LogP contribution in [-0.4, -0.2) is 11.4 Å². The van der Waals surface area contributed by atoms with E-state index < -0.39 is 5.54 Å². The molecule has 0 aromatic carbocycles. The maximum Gasteiger partial charge on any atom is 0.240 e. The summed E-state index contributed by atoms with van der Waals surface area (Å²) < 4.78 is 0.728. The summed E-state index contributed by atoms with van der Waals surface area (Å²) in [6.07, 6.45) is 1.26. The highest BCUT2D eigenvalue weighted by Gasteiger charge is 2.30. The minimum absolute atomic E-state index is 0.0546. The molecule has 1 rings (SSSR count). The molecule has 0 saturated carbocycles. The predicted octanol–water partition coefficient (Wildman–Crippen LogP) is 3.10. The second-order valence-corrected chi connectivity index (χ2v) is 5.95. The first-order valence-electron chi connectivity index (χ1n) is 5.78. The van der Waals surface area contributed by atoms with Crippen molar-refractivity contribution >= 4 is 28.8 Å². The number of hydrogen-bond acceptors (Lipinski definition) is 3. The van der Waals surface area contributed by atoms with Crippen LogP contribution in [0.5, 0.6) is 0 Å². The van der Waals surface area contributed by atoms with E-state index in [2.05, 4.69) is 5.32 Å². The second kappa shape index (κ2) is 5.85. The molecule has 17 heavy (non-hydrogen) atoms. The monoisotopic (exact) mass is 274 g/mol. The Labute approximate surface area is 111 Å². The van der Waals surface area contributed by atoms with Crippen molar-refractivity contribution in [2.45, 2.75) is 45.2 Å². The van der Waals surface area contributed by atoms with Crippen LogP contribution in [0.4, 0.5) is 0 Å². The summed E-state index contributed by atoms with van der Waals surface area (Å²) in [5.41, 5.74) is 5.27. The third-order valence-corrected chi connectivity index (χ3v) is 4.50. The SMILES string of the molecule is CCC(N)(CC)C(=O)NC(C)c1ccc(Cl)s1. The van der Waals surface area contributed by atoms with E-state index in [0.29, 0.717) is 12.8 Å². The maximum absolute atomic E-state index is 12.1. The van der Waals surface area contributed by atoms with Crippen LogP contribution in [0.3, 0.4) is 0 Å². The molecule has 0 radical (unpaired) electrons. The predicted molar refractivity (Wildman–Crippen MR) is 73.4 cm³/mol. The number of rotatable bonds is 5. The van der Waals surface area contributed by atoms with Gasteiger partial charge in [-0.3, -0.25) is 4.79 Å². The van der Waals surface area contributed by atoms with Gasteiger partial charge in [-0.2, -0.15) is 0 Å². The highest BCUT2D eigenvalue weighted by atomic mass is 35.5. The normalized spacial score (nSPS) is 13.5. The van der Waals surface area contributed by atoms with Gasteiger partial charge in [-0.05, 0) is 31.9 Å². The summed E-state index contributed by atoms with van der Waals surface area (Å²) in [6.45, 7) is 5.79. The molecule has 1 heterocycles. The van der Waals surface area contributed by atoms with Gasteiger partial charge in [0.2, 0.25) is 5.91 Å². The Morgan fingerprint density at radius 1 is 1.53 bits per heavy atom. The Kier molecular flexibility index (Phi) is 4.98. The number of thiophene rings is 1. The number of halogens is 1. The van der Waals surface area contributed by atoms with Gasteiger partial charge in [0.15, 0.2) is 0 Å². The number of carbonyl (C=O) groups is 1. The van der Waals surface area contributed by atoms with E-state index in [1.807, 2.05) is 32.9 Å². The van der Waals surface area contributed by atoms with Gasteiger partial charge in [0.25, 0.3) is 0 Å². The van der Waals surface area contributed by atoms with E-state index in [1.54, 1.807) is 0 Å². The lowest BCUT2D eigenvalue weighted by Gasteiger charge is -2.27. The standard InChI is InChI=1S/C12H19ClN2OS/c1-4-12(14,5-2)11(16)15-8(3)9-6-7-10(13)17-9/h6-8H,4-5,14H2,1-3H3,(H,15,16). The topological polar surface area (TPSA) is 55.1 Å². The quantitative estimate of drug-likeness (QED) is 0.867. The molecule has 96 valence electrons. The van der Waals surface area contributed by atoms with Crippen LogP contribution in [-0.2, 0) is 4.79 Å². The number of nitrogens with one attached hydrogen (secondary N) is 1. The summed E-state index contributed by atoms with van der Waals surface area (Å²) in [5.74, 6) is -0.0977. The van der Waals surface area contributed by atoms with E-state index in [9.17, 15) is 4.79 Å². The van der Waals surface area contributed by atoms with Crippen LogP contribution in [0.2, 0.25) is 4.34 Å². The Morgan fingerprint density at radius 2 is 2.12 bits per heavy atom. The summed E-state index contributed by atoms with van der Waals surface area (Å²) in [5, 5.41) is 2.94. The van der Waals surface area contributed by atoms with Crippen LogP contribution in [0, 0.1) is 0 Å². The summed E-state index contributed by atoms with van der Waals surface area (Å²) in [4.78, 5) is 13.1. The fraction of sp³-hybridized carbons (Fsp3) is 0.583. The van der Waals surface area contributed by atoms with Crippen molar-refractivity contribution in [1.82, 2.24) is 5.32 Å². The summed E-state index contributed by atoms with van der Waals surface area (Å²) in [6, 6.07) is 3.70. The van der Waals surface area contributed by atoms with Crippen molar-refractivity contribution < 1.29 is 4.79 Å². The van der Waals surface area contributed by atoms with Crippen molar-refractivity contribution in [1.29, 1.82) is 0 Å². The number of amides is 1. The third kappa shape index (κ3) is 3.44. The zero-order valence-corrected chi connectivity index (χ0v) is 12.0. The molecule has 0 aliphatic carbocycles. The minimum atomic E-state index is -0.769. The molecule has 1 aromatic rings. The van der Waals surface area contributed by atoms with E-state index in [4.69, 9.17) is 17.3 Å². The molecule has 0 aliphatic rings. The highest BCUT2D eigenvalue weighted by molar-refractivity contribution is 7.16. The molecular weight excluding hydrogens is 256 g/mol. The van der Waals surface area contributed by atoms with Gasteiger partial charge in [0.1, 0.15) is 0 Å². The van der Waals surface area contributed by atoms with Gasteiger partial charge in [-0.1, -0.05) is 25.4 Å². The van der Waals surface area contributed by atoms with Gasteiger partial charge >= 0.3 is 0 Å². The highest BCUT2D eigenvalue weighted by Crippen LogP contribution is 2.27. The van der Waals surface area contributed by atoms with Crippen LogP contribution in [0.1, 0.15) is 44.5 Å². The molecule has 3 N–H and O–H groups in total. The first kappa shape index (κ1) is 14.5. The fourth-order valence-corrected chi connectivity index (χ4v) is 2.61. The summed E-state index contributed by atoms with van der Waals surface area (Å²) >= 11 is 7.34. The van der Waals surface area contributed by atoms with Crippen LogP contribution >= 0.6 is 22.9 Å². The first-order chi connectivity index (χ1) is 7.92. The molecule has 0 saturated heterocycles. The second-order valence-electron chi connectivity index (χ2n) is 4.20. The van der Waals surface area contributed by atoms with Gasteiger partial charge in [-0.25, -0.2) is 0 Å². The minimum Gasteiger partial charge on any atom is -0.347 e. The third-order valence-electron chi connectivity index (χ3n) is 3.08. The number of hydrogen-bond donors (Lipinski definition) is 2. The molecule has 1 aromatic heterocycles. The maximum atomic E-state index is 12.1. The van der Waals surface area contributed by atoms with Crippen molar-refractivity contribution in [2.24, 2.45) is 5.73 Å². The van der Waals surface area contributed by atoms with Crippen LogP contribution in [0.15, 0.2) is 12.1 Å². The summed E-state index contributed by atoms with van der Waals surface area (Å²) in [7, 11) is 0. The fourth-order valence-electron chi connectivity index (χ4n) is 1.54. The lowest BCUT2D eigenvalue weighted by molar-refractivity contribution is -0.127. The lowest BCUT2D eigenvalue weighted by Crippen LogP contribution is -2.53. The molecule has 0 spiro atoms. The lowest BCUT2D eigenvalue weighted by atomic mass is 9.93. The molecule has 0 fully saturated rings. The van der Waals surface area contributed by atoms with Crippen LogP contribution in [0.25, 0.3) is 0 Å². The Balaban J connectivity index is 2.69. The molecule has 1 unspecified atom stereocenters. The van der Waals surface area contributed by atoms with Gasteiger partial charge in [0.05, 0.1) is 15.9 Å². The van der Waals surface area contributed by atoms with Crippen molar-refractivity contribution in [3.63, 3.8) is 0 Å². The molecule has 0 bridgehead atoms. The number of nitrogens with two attached hydrogens (primary N) is 1. The zero-order chi connectivity index (χ0) is 13.1. The van der Waals surface area contributed by atoms with E-state index in [1.165, 1.54) is 11.3 Å². The average Bonchev–Trinajstić information content (AvgIpc) is 2.74. The van der Waals surface area contributed by atoms with Gasteiger partial charge in [0, 0.05) is 4.88 Å². The molecule has 3 nitrogen and oxygen atoms in total. The van der Waals surface area contributed by atoms with E-state index >= 15 is 0 Å². The van der Waals surface area contributed by atoms with E-state index in [0.717, 1.165) is 9.21 Å². The Bertz CT molecular complexity index is 388. The Hall–Kier alpha value is -0.580. The molecule has 5 heteroatoms. The largest absolute Gasteiger partial charge is 0.347 e. The first-order valence-corrected chi connectivity index (χ1v) is 6.97. The molecular formula is C12H19ClN2OS. The smallest absolute Gasteiger partial charge is 0.240 e. The zero-order valence-electron chi connectivity index (χ0n) is 10.4. The Morgan fingerprint density at radius 3 is 2.53 bits per heavy atom. The molecule has 1 amide bonds. The van der Waals surface area contributed by atoms with Gasteiger partial charge in [-0.15, -0.1) is 11.3 Å². The van der Waals surface area contributed by atoms with Crippen molar-refractivity contribution in [3.05, 3.63) is 21.3 Å². The van der Waals surface area contributed by atoms with Gasteiger partial charge < -0.3 is 11.1 Å². The van der Waals surface area contributed by atoms with Crippen LogP contribution < -0.4 is 11.1 Å². The molecule has 0 aliphatic heterocycles. The van der Waals surface area contributed by atoms with Crippen molar-refractivity contribution in [3.8, 4) is 0 Å². The molecule has 1 atom stereocenters.